The molecule has 2 aliphatic heterocycles. The van der Waals surface area contributed by atoms with Gasteiger partial charge in [-0.1, -0.05) is 0 Å². The first-order valence-corrected chi connectivity index (χ1v) is 13.3. The summed E-state index contributed by atoms with van der Waals surface area (Å²) in [4.78, 5) is 12.7. The van der Waals surface area contributed by atoms with Gasteiger partial charge in [-0.25, -0.2) is 16.8 Å². The fraction of sp³-hybridized carbons (Fsp3) is 0.474. The van der Waals surface area contributed by atoms with Crippen molar-refractivity contribution < 1.29 is 26.4 Å². The lowest BCUT2D eigenvalue weighted by atomic mass is 10.1. The van der Waals surface area contributed by atoms with Crippen LogP contribution in [0.1, 0.15) is 29.4 Å². The lowest BCUT2D eigenvalue weighted by molar-refractivity contribution is 0.0935. The van der Waals surface area contributed by atoms with Gasteiger partial charge in [0.05, 0.1) is 41.9 Å². The van der Waals surface area contributed by atoms with Crippen molar-refractivity contribution in [3.05, 3.63) is 36.0 Å². The molecule has 3 heterocycles. The van der Waals surface area contributed by atoms with E-state index in [-0.39, 0.29) is 34.7 Å². The van der Waals surface area contributed by atoms with Crippen molar-refractivity contribution in [2.45, 2.75) is 24.9 Å². The number of hydrogen-bond donors (Lipinski definition) is 1. The SMILES string of the molecule is COc1ccc(-c2cc(C(=O)N[C@@H]3CCS(=O)(=O)C3)nn2[C@@H]2CCS(=O)(=O)C2)cc1. The standard InChI is InChI=1S/C19H23N3O6S2/c1-28-16-4-2-13(3-5-16)18-10-17(19(23)20-14-6-8-29(24,25)11-14)21-22(18)15-7-9-30(26,27)12-15/h2-5,10,14-15H,6-9,11-12H2,1H3,(H,20,23)/t14-,15-/m1/s1. The highest BCUT2D eigenvalue weighted by Gasteiger charge is 2.33. The summed E-state index contributed by atoms with van der Waals surface area (Å²) >= 11 is 0. The number of hydrogen-bond acceptors (Lipinski definition) is 7. The normalized spacial score (nSPS) is 24.6. The van der Waals surface area contributed by atoms with E-state index in [2.05, 4.69) is 10.4 Å². The first-order chi connectivity index (χ1) is 14.2. The molecular weight excluding hydrogens is 430 g/mol. The maximum Gasteiger partial charge on any atom is 0.272 e. The average Bonchev–Trinajstić information content (AvgIpc) is 3.38. The minimum atomic E-state index is -3.14. The Balaban J connectivity index is 1.65. The Morgan fingerprint density at radius 2 is 1.73 bits per heavy atom. The average molecular weight is 454 g/mol. The molecule has 0 bridgehead atoms. The van der Waals surface area contributed by atoms with Crippen LogP contribution in [0.5, 0.6) is 5.75 Å². The van der Waals surface area contributed by atoms with Crippen LogP contribution in [0, 0.1) is 0 Å². The van der Waals surface area contributed by atoms with E-state index < -0.39 is 31.6 Å². The molecule has 0 unspecified atom stereocenters. The first-order valence-electron chi connectivity index (χ1n) is 9.61. The van der Waals surface area contributed by atoms with Crippen LogP contribution < -0.4 is 10.1 Å². The lowest BCUT2D eigenvalue weighted by Gasteiger charge is -2.13. The zero-order valence-electron chi connectivity index (χ0n) is 16.4. The second-order valence-corrected chi connectivity index (χ2v) is 12.2. The molecule has 2 fully saturated rings. The van der Waals surface area contributed by atoms with Crippen LogP contribution in [0.15, 0.2) is 30.3 Å². The zero-order chi connectivity index (χ0) is 21.5. The molecule has 2 aliphatic rings. The Morgan fingerprint density at radius 3 is 2.30 bits per heavy atom. The number of aromatic nitrogens is 2. The van der Waals surface area contributed by atoms with Gasteiger partial charge in [-0.2, -0.15) is 5.10 Å². The number of carbonyl (C=O) groups excluding carboxylic acids is 1. The number of carbonyl (C=O) groups is 1. The van der Waals surface area contributed by atoms with Crippen LogP contribution in [0.3, 0.4) is 0 Å². The lowest BCUT2D eigenvalue weighted by Crippen LogP contribution is -2.35. The number of amides is 1. The van der Waals surface area contributed by atoms with Crippen molar-refractivity contribution in [3.63, 3.8) is 0 Å². The van der Waals surface area contributed by atoms with E-state index in [0.29, 0.717) is 24.3 Å². The third-order valence-corrected chi connectivity index (χ3v) is 8.99. The summed E-state index contributed by atoms with van der Waals surface area (Å²) in [5.41, 5.74) is 1.54. The summed E-state index contributed by atoms with van der Waals surface area (Å²) in [6.45, 7) is 0. The molecule has 0 radical (unpaired) electrons. The Labute approximate surface area is 175 Å². The molecule has 1 aromatic carbocycles. The molecule has 2 saturated heterocycles. The molecule has 162 valence electrons. The Bertz CT molecular complexity index is 1170. The van der Waals surface area contributed by atoms with Gasteiger partial charge in [-0.3, -0.25) is 9.48 Å². The fourth-order valence-corrected chi connectivity index (χ4v) is 7.26. The zero-order valence-corrected chi connectivity index (χ0v) is 18.1. The number of ether oxygens (including phenoxy) is 1. The monoisotopic (exact) mass is 453 g/mol. The fourth-order valence-electron chi connectivity index (χ4n) is 3.90. The van der Waals surface area contributed by atoms with E-state index in [1.165, 1.54) is 0 Å². The molecule has 11 heteroatoms. The first kappa shape index (κ1) is 20.9. The van der Waals surface area contributed by atoms with Gasteiger partial charge in [0.15, 0.2) is 25.4 Å². The van der Waals surface area contributed by atoms with E-state index in [4.69, 9.17) is 4.74 Å². The summed E-state index contributed by atoms with van der Waals surface area (Å²) in [7, 11) is -4.70. The van der Waals surface area contributed by atoms with Crippen LogP contribution >= 0.6 is 0 Å². The minimum absolute atomic E-state index is 0.0280. The number of sulfone groups is 2. The van der Waals surface area contributed by atoms with Crippen molar-refractivity contribution >= 4 is 25.6 Å². The van der Waals surface area contributed by atoms with Crippen LogP contribution in [-0.2, 0) is 19.7 Å². The van der Waals surface area contributed by atoms with E-state index in [1.54, 1.807) is 30.0 Å². The van der Waals surface area contributed by atoms with Gasteiger partial charge in [-0.15, -0.1) is 0 Å². The van der Waals surface area contributed by atoms with Crippen LogP contribution in [0.2, 0.25) is 0 Å². The van der Waals surface area contributed by atoms with Gasteiger partial charge in [0.2, 0.25) is 0 Å². The second-order valence-electron chi connectivity index (χ2n) is 7.72. The van der Waals surface area contributed by atoms with E-state index >= 15 is 0 Å². The third-order valence-electron chi connectivity index (χ3n) is 5.48. The predicted molar refractivity (Wildman–Crippen MR) is 111 cm³/mol. The number of nitrogens with zero attached hydrogens (tertiary/aromatic N) is 2. The molecule has 2 aromatic rings. The van der Waals surface area contributed by atoms with Gasteiger partial charge >= 0.3 is 0 Å². The van der Waals surface area contributed by atoms with Crippen molar-refractivity contribution in [1.82, 2.24) is 15.1 Å². The predicted octanol–water partition coefficient (Wildman–Crippen LogP) is 0.835. The molecule has 0 aliphatic carbocycles. The molecule has 9 nitrogen and oxygen atoms in total. The molecule has 1 N–H and O–H groups in total. The van der Waals surface area contributed by atoms with E-state index in [1.807, 2.05) is 12.1 Å². The summed E-state index contributed by atoms with van der Waals surface area (Å²) in [6, 6.07) is 8.01. The summed E-state index contributed by atoms with van der Waals surface area (Å²) < 4.78 is 54.1. The molecule has 0 saturated carbocycles. The largest absolute Gasteiger partial charge is 0.497 e. The second kappa shape index (κ2) is 7.69. The highest BCUT2D eigenvalue weighted by atomic mass is 32.2. The highest BCUT2D eigenvalue weighted by molar-refractivity contribution is 7.91. The molecule has 2 atom stereocenters. The molecule has 1 amide bonds. The van der Waals surface area contributed by atoms with E-state index in [9.17, 15) is 21.6 Å². The van der Waals surface area contributed by atoms with Crippen LogP contribution in [0.4, 0.5) is 0 Å². The van der Waals surface area contributed by atoms with Gasteiger partial charge < -0.3 is 10.1 Å². The van der Waals surface area contributed by atoms with Crippen molar-refractivity contribution in [3.8, 4) is 17.0 Å². The number of benzene rings is 1. The minimum Gasteiger partial charge on any atom is -0.497 e. The van der Waals surface area contributed by atoms with Gasteiger partial charge in [0.25, 0.3) is 5.91 Å². The number of rotatable bonds is 5. The number of nitrogens with one attached hydrogen (secondary N) is 1. The smallest absolute Gasteiger partial charge is 0.272 e. The van der Waals surface area contributed by atoms with Gasteiger partial charge in [-0.05, 0) is 43.2 Å². The summed E-state index contributed by atoms with van der Waals surface area (Å²) in [6.07, 6.45) is 0.802. The topological polar surface area (TPSA) is 124 Å². The van der Waals surface area contributed by atoms with Gasteiger partial charge in [0, 0.05) is 11.6 Å². The molecular formula is C19H23N3O6S2. The third kappa shape index (κ3) is 4.36. The van der Waals surface area contributed by atoms with Crippen molar-refractivity contribution in [1.29, 1.82) is 0 Å². The van der Waals surface area contributed by atoms with Gasteiger partial charge in [0.1, 0.15) is 5.75 Å². The summed E-state index contributed by atoms with van der Waals surface area (Å²) in [5, 5.41) is 7.15. The molecule has 30 heavy (non-hydrogen) atoms. The van der Waals surface area contributed by atoms with Crippen molar-refractivity contribution in [2.24, 2.45) is 0 Å². The molecule has 4 rings (SSSR count). The maximum atomic E-state index is 12.7. The van der Waals surface area contributed by atoms with Crippen LogP contribution in [-0.4, -0.2) is 68.7 Å². The van der Waals surface area contributed by atoms with E-state index in [0.717, 1.165) is 5.56 Å². The maximum absolute atomic E-state index is 12.7. The van der Waals surface area contributed by atoms with Crippen LogP contribution in [0.25, 0.3) is 11.3 Å². The summed E-state index contributed by atoms with van der Waals surface area (Å²) in [5.74, 6) is 0.246. The van der Waals surface area contributed by atoms with Crippen molar-refractivity contribution in [2.75, 3.05) is 30.1 Å². The highest BCUT2D eigenvalue weighted by Crippen LogP contribution is 2.31. The Kier molecular flexibility index (Phi) is 5.35. The molecule has 1 aromatic heterocycles. The Hall–Kier alpha value is -2.40. The number of methoxy groups -OCH3 is 1. The Morgan fingerprint density at radius 1 is 1.07 bits per heavy atom. The molecule has 0 spiro atoms. The quantitative estimate of drug-likeness (QED) is 0.711.